The first-order chi connectivity index (χ1) is 23.2. The Labute approximate surface area is 275 Å². The second-order valence-corrected chi connectivity index (χ2v) is 12.6. The van der Waals surface area contributed by atoms with Crippen LogP contribution in [0.2, 0.25) is 0 Å². The summed E-state index contributed by atoms with van der Waals surface area (Å²) >= 11 is 1.81. The van der Waals surface area contributed by atoms with Crippen molar-refractivity contribution in [1.29, 1.82) is 0 Å². The Morgan fingerprint density at radius 2 is 1.47 bits per heavy atom. The Balaban J connectivity index is 1.27. The summed E-state index contributed by atoms with van der Waals surface area (Å²) in [5.74, 6) is 0. The molecule has 0 atom stereocenters. The van der Waals surface area contributed by atoms with Crippen LogP contribution in [0.5, 0.6) is 0 Å². The van der Waals surface area contributed by atoms with E-state index in [4.69, 9.17) is 9.97 Å². The number of benzene rings is 4. The normalized spacial score (nSPS) is 11.9. The molecule has 0 saturated heterocycles. The maximum absolute atomic E-state index is 5.17. The first-order valence-corrected chi connectivity index (χ1v) is 16.5. The fourth-order valence-corrected chi connectivity index (χ4v) is 8.18. The van der Waals surface area contributed by atoms with Gasteiger partial charge in [0.2, 0.25) is 0 Å². The molecule has 0 amide bonds. The molecular weight excluding hydrogens is 593 g/mol. The highest BCUT2D eigenvalue weighted by atomic mass is 32.1. The van der Waals surface area contributed by atoms with Gasteiger partial charge in [-0.1, -0.05) is 104 Å². The van der Waals surface area contributed by atoms with Crippen LogP contribution in [0, 0.1) is 0 Å². The highest BCUT2D eigenvalue weighted by molar-refractivity contribution is 7.26. The van der Waals surface area contributed by atoms with Crippen molar-refractivity contribution in [2.24, 2.45) is 0 Å². The lowest BCUT2D eigenvalue weighted by Gasteiger charge is -2.10. The monoisotopic (exact) mass is 620 g/mol. The summed E-state index contributed by atoms with van der Waals surface area (Å²) in [6.07, 6.45) is 7.97. The molecule has 5 aromatic heterocycles. The molecule has 0 aliphatic rings. The maximum Gasteiger partial charge on any atom is 0.109 e. The zero-order chi connectivity index (χ0) is 31.5. The summed E-state index contributed by atoms with van der Waals surface area (Å²) in [6, 6.07) is 40.4. The first-order valence-electron chi connectivity index (χ1n) is 15.7. The molecule has 5 heterocycles. The second kappa shape index (κ2) is 10.9. The third kappa shape index (κ3) is 4.24. The van der Waals surface area contributed by atoms with E-state index in [1.807, 2.05) is 24.4 Å². The van der Waals surface area contributed by atoms with Crippen molar-refractivity contribution in [3.8, 4) is 28.2 Å². The van der Waals surface area contributed by atoms with Gasteiger partial charge >= 0.3 is 0 Å². The average molecular weight is 621 g/mol. The van der Waals surface area contributed by atoms with Crippen molar-refractivity contribution >= 4 is 76.5 Å². The van der Waals surface area contributed by atoms with Crippen molar-refractivity contribution in [1.82, 2.24) is 19.5 Å². The molecule has 47 heavy (non-hydrogen) atoms. The van der Waals surface area contributed by atoms with Gasteiger partial charge in [0, 0.05) is 55.5 Å². The van der Waals surface area contributed by atoms with E-state index in [-0.39, 0.29) is 0 Å². The summed E-state index contributed by atoms with van der Waals surface area (Å²) in [5, 5.41) is 5.87. The zero-order valence-corrected chi connectivity index (χ0v) is 26.5. The number of hydrogen-bond acceptors (Lipinski definition) is 4. The van der Waals surface area contributed by atoms with Crippen LogP contribution in [0.3, 0.4) is 0 Å². The van der Waals surface area contributed by atoms with Crippen LogP contribution in [0.1, 0.15) is 18.2 Å². The number of rotatable bonds is 5. The second-order valence-electron chi connectivity index (χ2n) is 11.6. The third-order valence-electron chi connectivity index (χ3n) is 8.93. The van der Waals surface area contributed by atoms with Gasteiger partial charge in [-0.05, 0) is 43.3 Å². The van der Waals surface area contributed by atoms with E-state index in [2.05, 4.69) is 138 Å². The third-order valence-corrected chi connectivity index (χ3v) is 10.1. The van der Waals surface area contributed by atoms with Gasteiger partial charge in [0.25, 0.3) is 0 Å². The minimum absolute atomic E-state index is 0.890. The number of aromatic nitrogens is 4. The lowest BCUT2D eigenvalue weighted by atomic mass is 10.0. The fraction of sp³-hybridized carbons (Fsp3) is 0.0238. The number of allylic oxidation sites excluding steroid dienone is 1. The van der Waals surface area contributed by atoms with Crippen LogP contribution < -0.4 is 0 Å². The van der Waals surface area contributed by atoms with Crippen LogP contribution in [0.25, 0.3) is 93.4 Å². The van der Waals surface area contributed by atoms with E-state index in [0.29, 0.717) is 0 Å². The van der Waals surface area contributed by atoms with Crippen LogP contribution in [0.15, 0.2) is 134 Å². The minimum atomic E-state index is 0.890. The summed E-state index contributed by atoms with van der Waals surface area (Å²) < 4.78 is 3.57. The van der Waals surface area contributed by atoms with Crippen LogP contribution in [0.4, 0.5) is 0 Å². The summed E-state index contributed by atoms with van der Waals surface area (Å²) in [5.41, 5.74) is 10.2. The predicted molar refractivity (Wildman–Crippen MR) is 200 cm³/mol. The topological polar surface area (TPSA) is 43.6 Å². The molecule has 0 radical (unpaired) electrons. The van der Waals surface area contributed by atoms with Crippen LogP contribution >= 0.6 is 11.3 Å². The Kier molecular flexibility index (Phi) is 6.33. The van der Waals surface area contributed by atoms with Gasteiger partial charge < -0.3 is 4.57 Å². The van der Waals surface area contributed by atoms with Gasteiger partial charge in [0.05, 0.1) is 38.3 Å². The minimum Gasteiger partial charge on any atom is -0.301 e. The van der Waals surface area contributed by atoms with Crippen molar-refractivity contribution in [3.05, 3.63) is 145 Å². The van der Waals surface area contributed by atoms with Crippen molar-refractivity contribution in [2.45, 2.75) is 6.92 Å². The molecule has 0 aliphatic heterocycles. The van der Waals surface area contributed by atoms with E-state index in [0.717, 1.165) is 61.3 Å². The molecule has 0 saturated carbocycles. The zero-order valence-electron chi connectivity index (χ0n) is 25.7. The molecule has 0 N–H and O–H groups in total. The van der Waals surface area contributed by atoms with E-state index in [1.54, 1.807) is 11.3 Å². The Hall–Kier alpha value is -5.91. The molecule has 0 spiro atoms. The fourth-order valence-electron chi connectivity index (χ4n) is 6.80. The number of fused-ring (bicyclic) bond motifs is 8. The number of nitrogens with zero attached hydrogens (tertiary/aromatic N) is 4. The molecule has 0 bridgehead atoms. The van der Waals surface area contributed by atoms with Crippen molar-refractivity contribution in [3.63, 3.8) is 0 Å². The van der Waals surface area contributed by atoms with Gasteiger partial charge in [0.15, 0.2) is 0 Å². The quantitative estimate of drug-likeness (QED) is 0.180. The SMILES string of the molecule is C=Cc1nc(-c2ccccc2)c2sc3c(c4ccccc4n3-c3ccc(-c4ccc5ccc6cccnc6c5n4)cc3)c2c1/C=C\C. The van der Waals surface area contributed by atoms with Crippen molar-refractivity contribution in [2.75, 3.05) is 0 Å². The average Bonchev–Trinajstić information content (AvgIpc) is 3.67. The lowest BCUT2D eigenvalue weighted by molar-refractivity contribution is 1.19. The Morgan fingerprint density at radius 3 is 2.28 bits per heavy atom. The Morgan fingerprint density at radius 1 is 0.702 bits per heavy atom. The van der Waals surface area contributed by atoms with E-state index in [9.17, 15) is 0 Å². The summed E-state index contributed by atoms with van der Waals surface area (Å²) in [4.78, 5) is 16.1. The highest BCUT2D eigenvalue weighted by Crippen LogP contribution is 2.47. The van der Waals surface area contributed by atoms with E-state index >= 15 is 0 Å². The molecule has 9 aromatic rings. The van der Waals surface area contributed by atoms with E-state index in [1.165, 1.54) is 31.2 Å². The van der Waals surface area contributed by atoms with E-state index < -0.39 is 0 Å². The van der Waals surface area contributed by atoms with Gasteiger partial charge in [-0.25, -0.2) is 9.97 Å². The van der Waals surface area contributed by atoms with Crippen LogP contribution in [-0.4, -0.2) is 19.5 Å². The summed E-state index contributed by atoms with van der Waals surface area (Å²) in [6.45, 7) is 6.21. The molecule has 9 rings (SSSR count). The number of para-hydroxylation sites is 1. The largest absolute Gasteiger partial charge is 0.301 e. The molecule has 222 valence electrons. The summed E-state index contributed by atoms with van der Waals surface area (Å²) in [7, 11) is 0. The number of pyridine rings is 3. The smallest absolute Gasteiger partial charge is 0.109 e. The Bertz CT molecular complexity index is 2700. The van der Waals surface area contributed by atoms with Gasteiger partial charge in [0.1, 0.15) is 4.83 Å². The standard InChI is InChI=1S/C42H28N4S/c1-3-11-31-33(4-2)44-40(27-12-6-5-7-13-27)41-36(31)37-32-15-8-9-16-35(32)46(42(37)47-41)30-22-19-26(20-23-30)34-24-21-29-18-17-28-14-10-25-43-38(28)39(29)45-34/h3-25H,2H2,1H3/b11-3-. The highest BCUT2D eigenvalue weighted by Gasteiger charge is 2.23. The van der Waals surface area contributed by atoms with Crippen molar-refractivity contribution < 1.29 is 0 Å². The molecule has 4 nitrogen and oxygen atoms in total. The lowest BCUT2D eigenvalue weighted by Crippen LogP contribution is -1.93. The number of hydrogen-bond donors (Lipinski definition) is 0. The molecule has 4 aromatic carbocycles. The first kappa shape index (κ1) is 27.4. The molecule has 5 heteroatoms. The number of thiophene rings is 1. The predicted octanol–water partition coefficient (Wildman–Crippen LogP) is 11.5. The van der Waals surface area contributed by atoms with Crippen LogP contribution in [-0.2, 0) is 0 Å². The maximum atomic E-state index is 5.17. The van der Waals surface area contributed by atoms with Gasteiger partial charge in [-0.15, -0.1) is 11.3 Å². The molecule has 0 unspecified atom stereocenters. The van der Waals surface area contributed by atoms with Gasteiger partial charge in [-0.3, -0.25) is 4.98 Å². The molecular formula is C42H28N4S. The molecule has 0 fully saturated rings. The molecule has 0 aliphatic carbocycles. The van der Waals surface area contributed by atoms with Gasteiger partial charge in [-0.2, -0.15) is 0 Å².